The highest BCUT2D eigenvalue weighted by atomic mass is 16.6. The van der Waals surface area contributed by atoms with Gasteiger partial charge in [0.25, 0.3) is 0 Å². The SMILES string of the molecule is [B]C1(O)C(O)(O)C(O)(O)C2(Cn3cc(-c4ncnc5[nH]ccc45)cn3)B(C)C12O. The van der Waals surface area contributed by atoms with E-state index in [9.17, 15) is 30.6 Å². The summed E-state index contributed by atoms with van der Waals surface area (Å²) in [6, 6.07) is 1.80. The number of hydrogen-bond acceptors (Lipinski definition) is 9. The van der Waals surface area contributed by atoms with Gasteiger partial charge >= 0.3 is 0 Å². The molecule has 1 saturated heterocycles. The molecular weight excluding hydrogens is 380 g/mol. The molecule has 3 atom stereocenters. The normalized spacial score (nSPS) is 34.5. The second-order valence-electron chi connectivity index (χ2n) is 7.96. The van der Waals surface area contributed by atoms with Gasteiger partial charge in [0.2, 0.25) is 11.6 Å². The Hall–Kier alpha value is -2.28. The van der Waals surface area contributed by atoms with Gasteiger partial charge in [-0.1, -0.05) is 6.82 Å². The van der Waals surface area contributed by atoms with E-state index in [1.807, 2.05) is 0 Å². The van der Waals surface area contributed by atoms with Gasteiger partial charge < -0.3 is 35.6 Å². The Bertz CT molecular complexity index is 1140. The van der Waals surface area contributed by atoms with Gasteiger partial charge in [0.1, 0.15) is 25.3 Å². The lowest BCUT2D eigenvalue weighted by molar-refractivity contribution is -0.378. The van der Waals surface area contributed by atoms with E-state index in [0.29, 0.717) is 16.9 Å². The zero-order chi connectivity index (χ0) is 21.0. The molecule has 1 aliphatic heterocycles. The van der Waals surface area contributed by atoms with Crippen LogP contribution in [-0.4, -0.2) is 92.5 Å². The van der Waals surface area contributed by atoms with Crippen LogP contribution in [0.1, 0.15) is 0 Å². The summed E-state index contributed by atoms with van der Waals surface area (Å²) in [7, 11) is 5.56. The van der Waals surface area contributed by atoms with Crippen molar-refractivity contribution in [3.05, 3.63) is 31.0 Å². The molecule has 2 fully saturated rings. The lowest BCUT2D eigenvalue weighted by atomic mass is 9.49. The quantitative estimate of drug-likeness (QED) is 0.182. The summed E-state index contributed by atoms with van der Waals surface area (Å²) < 4.78 is 1.29. The molecule has 1 saturated carbocycles. The molecule has 0 spiro atoms. The first-order valence-electron chi connectivity index (χ1n) is 8.87. The van der Waals surface area contributed by atoms with E-state index in [2.05, 4.69) is 20.1 Å². The monoisotopic (exact) mass is 397 g/mol. The first-order chi connectivity index (χ1) is 13.4. The predicted molar refractivity (Wildman–Crippen MR) is 99.4 cm³/mol. The van der Waals surface area contributed by atoms with Crippen molar-refractivity contribution in [2.24, 2.45) is 0 Å². The number of aromatic nitrogens is 5. The molecule has 1 aliphatic carbocycles. The highest BCUT2D eigenvalue weighted by Crippen LogP contribution is 2.79. The van der Waals surface area contributed by atoms with Crippen molar-refractivity contribution in [2.45, 2.75) is 41.3 Å². The van der Waals surface area contributed by atoms with Crippen LogP contribution in [0.5, 0.6) is 0 Å². The highest BCUT2D eigenvalue weighted by molar-refractivity contribution is 6.80. The minimum Gasteiger partial charge on any atom is -0.396 e. The third-order valence-corrected chi connectivity index (χ3v) is 6.86. The van der Waals surface area contributed by atoms with Crippen molar-refractivity contribution in [1.29, 1.82) is 0 Å². The number of aromatic amines is 1. The largest absolute Gasteiger partial charge is 0.396 e. The molecular formula is C16H17B2N5O6. The van der Waals surface area contributed by atoms with Gasteiger partial charge in [0.05, 0.1) is 22.7 Å². The van der Waals surface area contributed by atoms with E-state index < -0.39 is 34.6 Å². The maximum absolute atomic E-state index is 10.9. The van der Waals surface area contributed by atoms with Gasteiger partial charge in [-0.2, -0.15) is 5.10 Å². The van der Waals surface area contributed by atoms with E-state index in [4.69, 9.17) is 7.85 Å². The van der Waals surface area contributed by atoms with Crippen LogP contribution < -0.4 is 0 Å². The van der Waals surface area contributed by atoms with Gasteiger partial charge in [0.15, 0.2) is 6.71 Å². The second-order valence-corrected chi connectivity index (χ2v) is 7.96. The van der Waals surface area contributed by atoms with Gasteiger partial charge in [-0.05, 0) is 6.07 Å². The maximum Gasteiger partial charge on any atom is 0.241 e. The molecule has 148 valence electrons. The van der Waals surface area contributed by atoms with Crippen LogP contribution in [0.25, 0.3) is 22.3 Å². The Morgan fingerprint density at radius 2 is 1.86 bits per heavy atom. The standard InChI is InChI=1S/C16H17B2N5O6/c1-18-12(14(18,25)13(17,24)16(28,29)15(12,26)27)6-23-5-8(4-22-23)10-9-2-3-19-11(9)21-7-20-10/h2-5,7,24-29H,6H2,1H3,(H,19,20,21). The molecule has 5 rings (SSSR count). The van der Waals surface area contributed by atoms with Gasteiger partial charge in [-0.3, -0.25) is 4.68 Å². The van der Waals surface area contributed by atoms with Crippen LogP contribution in [0.3, 0.4) is 0 Å². The fourth-order valence-electron chi connectivity index (χ4n) is 5.09. The topological polar surface area (TPSA) is 181 Å². The summed E-state index contributed by atoms with van der Waals surface area (Å²) in [6.45, 7) is 0.0870. The molecule has 11 nitrogen and oxygen atoms in total. The van der Waals surface area contributed by atoms with Gasteiger partial charge in [-0.15, -0.1) is 0 Å². The molecule has 13 heteroatoms. The molecule has 0 amide bonds. The van der Waals surface area contributed by atoms with E-state index in [0.717, 1.165) is 5.39 Å². The highest BCUT2D eigenvalue weighted by Gasteiger charge is 3.00. The van der Waals surface area contributed by atoms with E-state index in [-0.39, 0.29) is 6.54 Å². The third kappa shape index (κ3) is 1.76. The number of H-pyrrole nitrogens is 1. The molecule has 0 aromatic carbocycles. The summed E-state index contributed by atoms with van der Waals surface area (Å²) in [6.07, 6.45) is 6.14. The Labute approximate surface area is 165 Å². The molecule has 2 aliphatic rings. The zero-order valence-corrected chi connectivity index (χ0v) is 15.2. The third-order valence-electron chi connectivity index (χ3n) is 6.86. The van der Waals surface area contributed by atoms with Crippen molar-refractivity contribution in [3.8, 4) is 11.3 Å². The van der Waals surface area contributed by atoms with Crippen LogP contribution >= 0.6 is 0 Å². The van der Waals surface area contributed by atoms with E-state index in [1.54, 1.807) is 18.5 Å². The summed E-state index contributed by atoms with van der Waals surface area (Å²) in [5, 5.41) is 65.6. The molecule has 4 heterocycles. The molecule has 2 radical (unpaired) electrons. The minimum atomic E-state index is -3.57. The van der Waals surface area contributed by atoms with Crippen LogP contribution in [0.2, 0.25) is 12.1 Å². The average molecular weight is 397 g/mol. The lowest BCUT2D eigenvalue weighted by Crippen LogP contribution is -2.70. The van der Waals surface area contributed by atoms with Crippen LogP contribution in [0.15, 0.2) is 31.0 Å². The van der Waals surface area contributed by atoms with Crippen molar-refractivity contribution in [1.82, 2.24) is 24.7 Å². The lowest BCUT2D eigenvalue weighted by Gasteiger charge is -2.43. The number of fused-ring (bicyclic) bond motifs is 2. The zero-order valence-electron chi connectivity index (χ0n) is 15.2. The number of aliphatic hydroxyl groups is 6. The Morgan fingerprint density at radius 3 is 2.55 bits per heavy atom. The second kappa shape index (κ2) is 5.06. The first kappa shape index (κ1) is 18.7. The van der Waals surface area contributed by atoms with Crippen molar-refractivity contribution in [2.75, 3.05) is 0 Å². The van der Waals surface area contributed by atoms with Crippen LogP contribution in [-0.2, 0) is 6.54 Å². The Balaban J connectivity index is 1.56. The maximum atomic E-state index is 10.9. The number of rotatable bonds is 3. The molecule has 0 bridgehead atoms. The number of hydrogen-bond donors (Lipinski definition) is 7. The van der Waals surface area contributed by atoms with Crippen molar-refractivity contribution in [3.63, 3.8) is 0 Å². The summed E-state index contributed by atoms with van der Waals surface area (Å²) in [5.41, 5.74) is -3.65. The first-order valence-corrected chi connectivity index (χ1v) is 8.87. The predicted octanol–water partition coefficient (Wildman–Crippen LogP) is -2.80. The summed E-state index contributed by atoms with van der Waals surface area (Å²) in [5.74, 6) is -6.88. The van der Waals surface area contributed by atoms with Crippen LogP contribution in [0, 0.1) is 0 Å². The summed E-state index contributed by atoms with van der Waals surface area (Å²) >= 11 is 0. The van der Waals surface area contributed by atoms with Gasteiger partial charge in [-0.25, -0.2) is 9.97 Å². The molecule has 7 N–H and O–H groups in total. The molecule has 3 aromatic rings. The Kier molecular flexibility index (Phi) is 3.27. The molecule has 3 aromatic heterocycles. The minimum absolute atomic E-state index is 0.360. The van der Waals surface area contributed by atoms with Crippen molar-refractivity contribution < 1.29 is 30.6 Å². The molecule has 3 unspecified atom stereocenters. The van der Waals surface area contributed by atoms with Gasteiger partial charge in [0, 0.05) is 29.9 Å². The smallest absolute Gasteiger partial charge is 0.241 e. The fraction of sp³-hybridized carbons (Fsp3) is 0.438. The number of nitrogens with one attached hydrogen (secondary N) is 1. The van der Waals surface area contributed by atoms with E-state index in [1.165, 1.54) is 24.0 Å². The average Bonchev–Trinajstić information content (AvgIpc) is 3.12. The van der Waals surface area contributed by atoms with Crippen LogP contribution in [0.4, 0.5) is 0 Å². The Morgan fingerprint density at radius 1 is 1.14 bits per heavy atom. The molecule has 29 heavy (non-hydrogen) atoms. The van der Waals surface area contributed by atoms with E-state index >= 15 is 0 Å². The number of nitrogens with zero attached hydrogens (tertiary/aromatic N) is 4. The fourth-order valence-corrected chi connectivity index (χ4v) is 5.09. The summed E-state index contributed by atoms with van der Waals surface area (Å²) in [4.78, 5) is 11.3. The van der Waals surface area contributed by atoms with Crippen molar-refractivity contribution >= 4 is 25.6 Å².